The normalized spacial score (nSPS) is 19.7. The summed E-state index contributed by atoms with van der Waals surface area (Å²) < 4.78 is 30.4. The summed E-state index contributed by atoms with van der Waals surface area (Å²) >= 11 is 0. The molecule has 206 valence electrons. The monoisotopic (exact) mass is 535 g/mol. The second-order valence-corrected chi connectivity index (χ2v) is 11.1. The molecule has 1 atom stereocenters. The lowest BCUT2D eigenvalue weighted by molar-refractivity contribution is -0.143. The smallest absolute Gasteiger partial charge is 0.307 e. The van der Waals surface area contributed by atoms with Crippen LogP contribution in [0, 0.1) is 5.92 Å². The number of aromatic nitrogens is 2. The first-order valence-corrected chi connectivity index (χ1v) is 13.9. The minimum Gasteiger partial charge on any atom is -0.481 e. The molecule has 0 spiro atoms. The van der Waals surface area contributed by atoms with Crippen molar-refractivity contribution in [2.45, 2.75) is 51.6 Å². The van der Waals surface area contributed by atoms with Crippen molar-refractivity contribution in [2.75, 3.05) is 31.1 Å². The Labute approximate surface area is 227 Å². The molecule has 1 aromatic heterocycles. The first kappa shape index (κ1) is 26.0. The SMILES string of the molecule is Cn1cc(-c2cc3c(cc2C(F)F)N(c2cc(CN4CCCC(C(=O)O)C4)cc4c2CNCC4)CCC3)cn1. The van der Waals surface area contributed by atoms with E-state index in [9.17, 15) is 18.7 Å². The third kappa shape index (κ3) is 5.17. The minimum absolute atomic E-state index is 0.0322. The molecule has 2 aromatic carbocycles. The molecule has 1 saturated heterocycles. The van der Waals surface area contributed by atoms with Crippen LogP contribution in [-0.4, -0.2) is 51.9 Å². The molecule has 3 aliphatic rings. The summed E-state index contributed by atoms with van der Waals surface area (Å²) in [5, 5.41) is 17.2. The van der Waals surface area contributed by atoms with Crippen molar-refractivity contribution in [1.82, 2.24) is 20.0 Å². The van der Waals surface area contributed by atoms with Gasteiger partial charge in [0.2, 0.25) is 0 Å². The molecule has 0 radical (unpaired) electrons. The molecule has 0 bridgehead atoms. The molecule has 4 heterocycles. The Bertz CT molecular complexity index is 1390. The van der Waals surface area contributed by atoms with E-state index in [1.165, 1.54) is 11.1 Å². The van der Waals surface area contributed by atoms with E-state index in [1.54, 1.807) is 30.2 Å². The van der Waals surface area contributed by atoms with E-state index in [0.717, 1.165) is 80.8 Å². The number of nitrogens with one attached hydrogen (secondary N) is 1. The largest absolute Gasteiger partial charge is 0.481 e. The molecular formula is C30H35F2N5O2. The van der Waals surface area contributed by atoms with Gasteiger partial charge in [0.05, 0.1) is 12.1 Å². The first-order chi connectivity index (χ1) is 18.9. The van der Waals surface area contributed by atoms with E-state index in [0.29, 0.717) is 24.2 Å². The minimum atomic E-state index is -2.60. The van der Waals surface area contributed by atoms with Crippen LogP contribution in [-0.2, 0) is 37.8 Å². The fraction of sp³-hybridized carbons (Fsp3) is 0.467. The molecule has 2 N–H and O–H groups in total. The maximum absolute atomic E-state index is 14.4. The number of likely N-dealkylation sites (tertiary alicyclic amines) is 1. The molecule has 3 aromatic rings. The fourth-order valence-corrected chi connectivity index (χ4v) is 6.52. The number of carbonyl (C=O) groups is 1. The molecule has 39 heavy (non-hydrogen) atoms. The van der Waals surface area contributed by atoms with Gasteiger partial charge in [-0.1, -0.05) is 6.07 Å². The van der Waals surface area contributed by atoms with Crippen LogP contribution in [0.3, 0.4) is 0 Å². The lowest BCUT2D eigenvalue weighted by Crippen LogP contribution is -2.38. The predicted octanol–water partition coefficient (Wildman–Crippen LogP) is 5.05. The number of fused-ring (bicyclic) bond motifs is 2. The van der Waals surface area contributed by atoms with Crippen molar-refractivity contribution in [3.63, 3.8) is 0 Å². The Morgan fingerprint density at radius 2 is 2.00 bits per heavy atom. The lowest BCUT2D eigenvalue weighted by atomic mass is 9.90. The van der Waals surface area contributed by atoms with E-state index >= 15 is 0 Å². The topological polar surface area (TPSA) is 73.6 Å². The van der Waals surface area contributed by atoms with Gasteiger partial charge in [-0.15, -0.1) is 0 Å². The number of carboxylic acids is 1. The zero-order chi connectivity index (χ0) is 27.1. The maximum Gasteiger partial charge on any atom is 0.307 e. The van der Waals surface area contributed by atoms with Crippen molar-refractivity contribution in [3.05, 3.63) is 64.5 Å². The number of hydrogen-bond donors (Lipinski definition) is 2. The average Bonchev–Trinajstić information content (AvgIpc) is 3.37. The van der Waals surface area contributed by atoms with Gasteiger partial charge in [-0.2, -0.15) is 5.10 Å². The van der Waals surface area contributed by atoms with E-state index in [2.05, 4.69) is 32.3 Å². The number of rotatable bonds is 6. The number of nitrogens with zero attached hydrogens (tertiary/aromatic N) is 4. The van der Waals surface area contributed by atoms with Gasteiger partial charge in [-0.3, -0.25) is 14.4 Å². The van der Waals surface area contributed by atoms with Gasteiger partial charge >= 0.3 is 5.97 Å². The van der Waals surface area contributed by atoms with Crippen LogP contribution >= 0.6 is 0 Å². The van der Waals surface area contributed by atoms with Gasteiger partial charge in [0.25, 0.3) is 6.43 Å². The van der Waals surface area contributed by atoms with Crippen molar-refractivity contribution in [2.24, 2.45) is 13.0 Å². The fourth-order valence-electron chi connectivity index (χ4n) is 6.52. The number of piperidine rings is 1. The number of carboxylic acid groups (broad SMARTS) is 1. The number of aliphatic carboxylic acids is 1. The maximum atomic E-state index is 14.4. The summed E-state index contributed by atoms with van der Waals surface area (Å²) in [7, 11) is 1.79. The Morgan fingerprint density at radius 1 is 1.13 bits per heavy atom. The second kappa shape index (κ2) is 10.7. The average molecular weight is 536 g/mol. The van der Waals surface area contributed by atoms with Crippen LogP contribution in [0.25, 0.3) is 11.1 Å². The third-order valence-corrected chi connectivity index (χ3v) is 8.42. The van der Waals surface area contributed by atoms with Crippen LogP contribution < -0.4 is 10.2 Å². The predicted molar refractivity (Wildman–Crippen MR) is 146 cm³/mol. The highest BCUT2D eigenvalue weighted by Crippen LogP contribution is 2.43. The van der Waals surface area contributed by atoms with E-state index in [-0.39, 0.29) is 11.5 Å². The molecule has 0 saturated carbocycles. The number of anilines is 2. The van der Waals surface area contributed by atoms with E-state index in [1.807, 2.05) is 6.07 Å². The quantitative estimate of drug-likeness (QED) is 0.460. The number of alkyl halides is 2. The molecule has 9 heteroatoms. The molecule has 7 nitrogen and oxygen atoms in total. The zero-order valence-corrected chi connectivity index (χ0v) is 22.3. The highest BCUT2D eigenvalue weighted by atomic mass is 19.3. The van der Waals surface area contributed by atoms with Gasteiger partial charge in [0, 0.05) is 61.9 Å². The summed E-state index contributed by atoms with van der Waals surface area (Å²) in [6, 6.07) is 8.11. The van der Waals surface area contributed by atoms with Crippen molar-refractivity contribution in [3.8, 4) is 11.1 Å². The van der Waals surface area contributed by atoms with Crippen molar-refractivity contribution >= 4 is 17.3 Å². The Balaban J connectivity index is 1.40. The van der Waals surface area contributed by atoms with Gasteiger partial charge in [0.1, 0.15) is 0 Å². The first-order valence-electron chi connectivity index (χ1n) is 13.9. The van der Waals surface area contributed by atoms with Gasteiger partial charge in [-0.05, 0) is 91.2 Å². The molecule has 1 unspecified atom stereocenters. The van der Waals surface area contributed by atoms with Crippen LogP contribution in [0.1, 0.15) is 53.5 Å². The molecule has 0 aliphatic carbocycles. The lowest BCUT2D eigenvalue weighted by Gasteiger charge is -2.36. The Kier molecular flexibility index (Phi) is 7.12. The van der Waals surface area contributed by atoms with E-state index in [4.69, 9.17) is 0 Å². The van der Waals surface area contributed by atoms with E-state index < -0.39 is 12.4 Å². The molecular weight excluding hydrogens is 500 g/mol. The van der Waals surface area contributed by atoms with Crippen LogP contribution in [0.5, 0.6) is 0 Å². The van der Waals surface area contributed by atoms with Gasteiger partial charge in [-0.25, -0.2) is 8.78 Å². The third-order valence-electron chi connectivity index (χ3n) is 8.42. The number of halogens is 2. The summed E-state index contributed by atoms with van der Waals surface area (Å²) in [6.07, 6.45) is 5.14. The van der Waals surface area contributed by atoms with Crippen LogP contribution in [0.2, 0.25) is 0 Å². The zero-order valence-electron chi connectivity index (χ0n) is 22.3. The van der Waals surface area contributed by atoms with Crippen LogP contribution in [0.15, 0.2) is 36.7 Å². The van der Waals surface area contributed by atoms with Gasteiger partial charge < -0.3 is 15.3 Å². The molecule has 6 rings (SSSR count). The molecule has 1 fully saturated rings. The second-order valence-electron chi connectivity index (χ2n) is 11.1. The number of benzene rings is 2. The Morgan fingerprint density at radius 3 is 2.77 bits per heavy atom. The summed E-state index contributed by atoms with van der Waals surface area (Å²) in [5.74, 6) is -1.04. The highest BCUT2D eigenvalue weighted by Gasteiger charge is 2.29. The standard InChI is InChI=1S/C30H35F2N5O2/c1-35-17-23(14-34-35)24-12-21-4-3-9-37(27(21)13-25(24)29(31)32)28-11-19(10-20-6-7-33-15-26(20)28)16-36-8-2-5-22(18-36)30(38)39/h10-14,17,22,29,33H,2-9,15-16,18H2,1H3,(H,38,39). The Hall–Kier alpha value is -3.30. The van der Waals surface area contributed by atoms with Crippen molar-refractivity contribution in [1.29, 1.82) is 0 Å². The number of hydrogen-bond acceptors (Lipinski definition) is 5. The van der Waals surface area contributed by atoms with Crippen LogP contribution in [0.4, 0.5) is 20.2 Å². The summed E-state index contributed by atoms with van der Waals surface area (Å²) in [5.41, 5.74) is 7.99. The highest BCUT2D eigenvalue weighted by molar-refractivity contribution is 5.78. The summed E-state index contributed by atoms with van der Waals surface area (Å²) in [6.45, 7) is 4.56. The number of aryl methyl sites for hydroxylation is 2. The molecule has 0 amide bonds. The molecule has 3 aliphatic heterocycles. The van der Waals surface area contributed by atoms with Crippen molar-refractivity contribution < 1.29 is 18.7 Å². The van der Waals surface area contributed by atoms with Gasteiger partial charge in [0.15, 0.2) is 0 Å². The summed E-state index contributed by atoms with van der Waals surface area (Å²) in [4.78, 5) is 16.1.